The molecule has 2 rings (SSSR count). The van der Waals surface area contributed by atoms with Crippen molar-refractivity contribution in [1.82, 2.24) is 0 Å². The highest BCUT2D eigenvalue weighted by molar-refractivity contribution is 5.76. The Balaban J connectivity index is 2.30. The Hall–Kier alpha value is -2.09. The second-order valence-electron chi connectivity index (χ2n) is 5.42. The van der Waals surface area contributed by atoms with E-state index in [1.54, 1.807) is 12.1 Å². The number of aldehydes is 1. The number of ether oxygens (including phenoxy) is 1. The Morgan fingerprint density at radius 3 is 2.35 bits per heavy atom. The van der Waals surface area contributed by atoms with Crippen LogP contribution in [0.2, 0.25) is 0 Å². The Labute approximate surface area is 120 Å². The minimum absolute atomic E-state index is 0.504. The maximum Gasteiger partial charge on any atom is 0.150 e. The van der Waals surface area contributed by atoms with Crippen LogP contribution in [0.5, 0.6) is 11.5 Å². The molecule has 0 fully saturated rings. The van der Waals surface area contributed by atoms with Gasteiger partial charge in [-0.25, -0.2) is 0 Å². The molecule has 2 aromatic rings. The van der Waals surface area contributed by atoms with Crippen LogP contribution in [0.4, 0.5) is 0 Å². The van der Waals surface area contributed by atoms with E-state index < -0.39 is 0 Å². The summed E-state index contributed by atoms with van der Waals surface area (Å²) in [6, 6.07) is 11.6. The summed E-state index contributed by atoms with van der Waals surface area (Å²) < 4.78 is 5.91. The third-order valence-corrected chi connectivity index (χ3v) is 3.44. The predicted molar refractivity (Wildman–Crippen MR) is 81.9 cm³/mol. The molecule has 20 heavy (non-hydrogen) atoms. The lowest BCUT2D eigenvalue weighted by Crippen LogP contribution is -1.94. The van der Waals surface area contributed by atoms with Crippen LogP contribution in [0.25, 0.3) is 0 Å². The minimum atomic E-state index is 0.504. The molecule has 0 spiro atoms. The summed E-state index contributed by atoms with van der Waals surface area (Å²) in [6.45, 7) is 8.43. The third kappa shape index (κ3) is 3.08. The Morgan fingerprint density at radius 2 is 1.75 bits per heavy atom. The molecule has 0 saturated carbocycles. The summed E-state index contributed by atoms with van der Waals surface area (Å²) in [5, 5.41) is 0. The molecule has 2 aromatic carbocycles. The summed E-state index contributed by atoms with van der Waals surface area (Å²) in [6.07, 6.45) is 0.833. The number of aryl methyl sites for hydroxylation is 2. The van der Waals surface area contributed by atoms with Crippen molar-refractivity contribution in [1.29, 1.82) is 0 Å². The maximum atomic E-state index is 10.8. The first-order valence-corrected chi connectivity index (χ1v) is 6.85. The Bertz CT molecular complexity index is 627. The van der Waals surface area contributed by atoms with Gasteiger partial charge in [-0.15, -0.1) is 0 Å². The second-order valence-corrected chi connectivity index (χ2v) is 5.42. The normalized spacial score (nSPS) is 10.7. The van der Waals surface area contributed by atoms with Crippen LogP contribution in [-0.4, -0.2) is 6.29 Å². The van der Waals surface area contributed by atoms with E-state index in [2.05, 4.69) is 26.8 Å². The van der Waals surface area contributed by atoms with Gasteiger partial charge >= 0.3 is 0 Å². The molecule has 0 radical (unpaired) electrons. The van der Waals surface area contributed by atoms with E-state index in [-0.39, 0.29) is 0 Å². The number of hydrogen-bond donors (Lipinski definition) is 0. The van der Waals surface area contributed by atoms with E-state index in [4.69, 9.17) is 4.74 Å². The van der Waals surface area contributed by atoms with Crippen LogP contribution in [0.15, 0.2) is 36.4 Å². The SMILES string of the molecule is Cc1ccc(C=O)cc1Oc1ccc(C(C)C)c(C)c1. The van der Waals surface area contributed by atoms with Crippen molar-refractivity contribution in [3.05, 3.63) is 58.7 Å². The molecule has 0 saturated heterocycles. The maximum absolute atomic E-state index is 10.8. The summed E-state index contributed by atoms with van der Waals surface area (Å²) in [4.78, 5) is 10.8. The first-order valence-electron chi connectivity index (χ1n) is 6.85. The van der Waals surface area contributed by atoms with Crippen molar-refractivity contribution in [2.24, 2.45) is 0 Å². The molecule has 0 heterocycles. The van der Waals surface area contributed by atoms with E-state index in [0.29, 0.717) is 11.5 Å². The standard InChI is InChI=1S/C18H20O2/c1-12(2)17-8-7-16(9-14(17)4)20-18-10-15(11-19)6-5-13(18)3/h5-12H,1-4H3. The Kier molecular flexibility index (Phi) is 4.23. The fourth-order valence-electron chi connectivity index (χ4n) is 2.29. The van der Waals surface area contributed by atoms with Crippen LogP contribution in [-0.2, 0) is 0 Å². The topological polar surface area (TPSA) is 26.3 Å². The highest BCUT2D eigenvalue weighted by atomic mass is 16.5. The van der Waals surface area contributed by atoms with Crippen molar-refractivity contribution in [2.45, 2.75) is 33.6 Å². The number of rotatable bonds is 4. The van der Waals surface area contributed by atoms with Crippen molar-refractivity contribution >= 4 is 6.29 Å². The molecular formula is C18H20O2. The van der Waals surface area contributed by atoms with Crippen molar-refractivity contribution < 1.29 is 9.53 Å². The molecule has 0 unspecified atom stereocenters. The van der Waals surface area contributed by atoms with E-state index in [1.807, 2.05) is 25.1 Å². The molecule has 0 atom stereocenters. The van der Waals surface area contributed by atoms with Crippen LogP contribution in [0, 0.1) is 13.8 Å². The highest BCUT2D eigenvalue weighted by Crippen LogP contribution is 2.29. The molecule has 0 amide bonds. The summed E-state index contributed by atoms with van der Waals surface area (Å²) in [5.41, 5.74) is 4.19. The summed E-state index contributed by atoms with van der Waals surface area (Å²) in [5.74, 6) is 2.04. The molecule has 104 valence electrons. The second kappa shape index (κ2) is 5.91. The molecule has 2 heteroatoms. The molecule has 0 N–H and O–H groups in total. The number of carbonyl (C=O) groups excluding carboxylic acids is 1. The molecule has 0 aliphatic heterocycles. The van der Waals surface area contributed by atoms with Gasteiger partial charge < -0.3 is 4.74 Å². The number of benzene rings is 2. The first-order chi connectivity index (χ1) is 9.51. The lowest BCUT2D eigenvalue weighted by atomic mass is 9.98. The predicted octanol–water partition coefficient (Wildman–Crippen LogP) is 5.03. The van der Waals surface area contributed by atoms with Crippen molar-refractivity contribution in [2.75, 3.05) is 0 Å². The quantitative estimate of drug-likeness (QED) is 0.727. The molecular weight excluding hydrogens is 248 g/mol. The average Bonchev–Trinajstić information content (AvgIpc) is 2.41. The van der Waals surface area contributed by atoms with Crippen LogP contribution < -0.4 is 4.74 Å². The van der Waals surface area contributed by atoms with Crippen LogP contribution in [0.1, 0.15) is 46.8 Å². The zero-order valence-corrected chi connectivity index (χ0v) is 12.4. The van der Waals surface area contributed by atoms with Crippen molar-refractivity contribution in [3.8, 4) is 11.5 Å². The third-order valence-electron chi connectivity index (χ3n) is 3.44. The monoisotopic (exact) mass is 268 g/mol. The van der Waals surface area contributed by atoms with Gasteiger partial charge in [-0.1, -0.05) is 32.0 Å². The largest absolute Gasteiger partial charge is 0.457 e. The number of carbonyl (C=O) groups is 1. The molecule has 0 aliphatic rings. The van der Waals surface area contributed by atoms with Gasteiger partial charge in [0.1, 0.15) is 17.8 Å². The smallest absolute Gasteiger partial charge is 0.150 e. The van der Waals surface area contributed by atoms with E-state index >= 15 is 0 Å². The highest BCUT2D eigenvalue weighted by Gasteiger charge is 2.07. The Morgan fingerprint density at radius 1 is 1.00 bits per heavy atom. The zero-order valence-electron chi connectivity index (χ0n) is 12.4. The van der Waals surface area contributed by atoms with Crippen LogP contribution >= 0.6 is 0 Å². The number of hydrogen-bond acceptors (Lipinski definition) is 2. The van der Waals surface area contributed by atoms with Gasteiger partial charge in [0.15, 0.2) is 0 Å². The van der Waals surface area contributed by atoms with Gasteiger partial charge in [0.25, 0.3) is 0 Å². The fourth-order valence-corrected chi connectivity index (χ4v) is 2.29. The minimum Gasteiger partial charge on any atom is -0.457 e. The first kappa shape index (κ1) is 14.3. The molecule has 2 nitrogen and oxygen atoms in total. The molecule has 0 aromatic heterocycles. The molecule has 0 bridgehead atoms. The summed E-state index contributed by atoms with van der Waals surface area (Å²) >= 11 is 0. The van der Waals surface area contributed by atoms with E-state index in [0.717, 1.165) is 23.3 Å². The van der Waals surface area contributed by atoms with Gasteiger partial charge in [0.2, 0.25) is 0 Å². The summed E-state index contributed by atoms with van der Waals surface area (Å²) in [7, 11) is 0. The van der Waals surface area contributed by atoms with Gasteiger partial charge in [-0.2, -0.15) is 0 Å². The van der Waals surface area contributed by atoms with E-state index in [1.165, 1.54) is 11.1 Å². The zero-order chi connectivity index (χ0) is 14.7. The average molecular weight is 268 g/mol. The lowest BCUT2D eigenvalue weighted by Gasteiger charge is -2.13. The van der Waals surface area contributed by atoms with Gasteiger partial charge in [0, 0.05) is 5.56 Å². The van der Waals surface area contributed by atoms with E-state index in [9.17, 15) is 4.79 Å². The fraction of sp³-hybridized carbons (Fsp3) is 0.278. The van der Waals surface area contributed by atoms with Gasteiger partial charge in [-0.3, -0.25) is 4.79 Å². The lowest BCUT2D eigenvalue weighted by molar-refractivity contribution is 0.112. The van der Waals surface area contributed by atoms with Gasteiger partial charge in [0.05, 0.1) is 0 Å². The van der Waals surface area contributed by atoms with Gasteiger partial charge in [-0.05, 0) is 54.7 Å². The van der Waals surface area contributed by atoms with Crippen molar-refractivity contribution in [3.63, 3.8) is 0 Å². The van der Waals surface area contributed by atoms with Crippen LogP contribution in [0.3, 0.4) is 0 Å². The molecule has 0 aliphatic carbocycles.